The van der Waals surface area contributed by atoms with Crippen LogP contribution in [0.5, 0.6) is 0 Å². The van der Waals surface area contributed by atoms with Crippen LogP contribution in [0.2, 0.25) is 0 Å². The number of carbonyl (C=O) groups excluding carboxylic acids is 3. The molecule has 13 heteroatoms. The number of methoxy groups -OCH3 is 1. The molecular weight excluding hydrogens is 530 g/mol. The van der Waals surface area contributed by atoms with E-state index in [0.717, 1.165) is 12.0 Å². The molecule has 0 unspecified atom stereocenters. The summed E-state index contributed by atoms with van der Waals surface area (Å²) in [6, 6.07) is 4.93. The molecule has 2 fully saturated rings. The lowest BCUT2D eigenvalue weighted by Crippen LogP contribution is -2.40. The van der Waals surface area contributed by atoms with Gasteiger partial charge in [-0.1, -0.05) is 0 Å². The SMILES string of the molecule is CO[C@@H]1COC[C@H]1Nc1cc(NC(=O)N2CCCc3cc(CN(C)C(=O)[C@H]4CCCO4)c(C=O)nc32)ncc1C#N. The van der Waals surface area contributed by atoms with Crippen LogP contribution in [0.1, 0.15) is 46.4 Å². The van der Waals surface area contributed by atoms with Crippen LogP contribution in [0.15, 0.2) is 18.3 Å². The van der Waals surface area contributed by atoms with Crippen molar-refractivity contribution >= 4 is 35.5 Å². The van der Waals surface area contributed by atoms with Crippen molar-refractivity contribution in [2.45, 2.75) is 50.5 Å². The minimum Gasteiger partial charge on any atom is -0.377 e. The number of urea groups is 1. The van der Waals surface area contributed by atoms with Crippen molar-refractivity contribution in [1.29, 1.82) is 5.26 Å². The molecule has 0 bridgehead atoms. The number of aromatic nitrogens is 2. The number of aldehydes is 1. The smallest absolute Gasteiger partial charge is 0.328 e. The molecule has 3 aliphatic heterocycles. The topological polar surface area (TPSA) is 159 Å². The van der Waals surface area contributed by atoms with Gasteiger partial charge in [-0.25, -0.2) is 14.8 Å². The summed E-state index contributed by atoms with van der Waals surface area (Å²) in [7, 11) is 3.28. The van der Waals surface area contributed by atoms with Crippen molar-refractivity contribution in [3.05, 3.63) is 40.7 Å². The summed E-state index contributed by atoms with van der Waals surface area (Å²) in [4.78, 5) is 49.9. The first-order valence-corrected chi connectivity index (χ1v) is 13.6. The molecule has 3 aliphatic rings. The van der Waals surface area contributed by atoms with Crippen LogP contribution in [0.25, 0.3) is 0 Å². The van der Waals surface area contributed by atoms with Gasteiger partial charge in [-0.3, -0.25) is 19.8 Å². The molecule has 2 saturated heterocycles. The fourth-order valence-corrected chi connectivity index (χ4v) is 5.35. The monoisotopic (exact) mass is 563 g/mol. The van der Waals surface area contributed by atoms with E-state index in [1.807, 2.05) is 6.07 Å². The normalized spacial score (nSPS) is 21.6. The van der Waals surface area contributed by atoms with E-state index >= 15 is 0 Å². The third-order valence-corrected chi connectivity index (χ3v) is 7.55. The van der Waals surface area contributed by atoms with E-state index < -0.39 is 12.1 Å². The molecule has 3 atom stereocenters. The van der Waals surface area contributed by atoms with E-state index in [4.69, 9.17) is 14.2 Å². The van der Waals surface area contributed by atoms with Crippen LogP contribution in [0.3, 0.4) is 0 Å². The van der Waals surface area contributed by atoms with E-state index in [-0.39, 0.29) is 36.1 Å². The highest BCUT2D eigenvalue weighted by Gasteiger charge is 2.31. The Bertz CT molecular complexity index is 1360. The van der Waals surface area contributed by atoms with E-state index in [9.17, 15) is 19.6 Å². The highest BCUT2D eigenvalue weighted by Crippen LogP contribution is 2.29. The van der Waals surface area contributed by atoms with Gasteiger partial charge < -0.3 is 24.4 Å². The largest absolute Gasteiger partial charge is 0.377 e. The summed E-state index contributed by atoms with van der Waals surface area (Å²) in [6.07, 6.45) is 4.31. The average Bonchev–Trinajstić information content (AvgIpc) is 3.68. The van der Waals surface area contributed by atoms with Gasteiger partial charge in [-0.05, 0) is 37.3 Å². The molecular formula is C28H33N7O6. The molecule has 13 nitrogen and oxygen atoms in total. The Morgan fingerprint density at radius 3 is 2.90 bits per heavy atom. The standard InChI is InChI=1S/C28H33N7O6/c1-34(27(37)23-6-4-8-41-23)13-18-9-17-5-3-7-35(26(17)32-21(18)14-36)28(38)33-25-10-20(19(11-29)12-30-25)31-22-15-40-16-24(22)39-2/h9-10,12,14,22-24H,3-8,13,15-16H2,1-2H3,(H2,30,31,33,38)/t22-,23-,24-/m1/s1. The van der Waals surface area contributed by atoms with Gasteiger partial charge >= 0.3 is 6.03 Å². The number of carbonyl (C=O) groups is 3. The van der Waals surface area contributed by atoms with Gasteiger partial charge in [0, 0.05) is 51.7 Å². The zero-order chi connectivity index (χ0) is 28.9. The second kappa shape index (κ2) is 12.6. The Morgan fingerprint density at radius 2 is 2.17 bits per heavy atom. The van der Waals surface area contributed by atoms with Crippen LogP contribution < -0.4 is 15.5 Å². The molecule has 0 aromatic carbocycles. The van der Waals surface area contributed by atoms with Gasteiger partial charge in [0.05, 0.1) is 30.5 Å². The molecule has 0 spiro atoms. The number of ether oxygens (including phenoxy) is 3. The number of nitrogens with one attached hydrogen (secondary N) is 2. The van der Waals surface area contributed by atoms with E-state index in [2.05, 4.69) is 26.7 Å². The van der Waals surface area contributed by atoms with E-state index in [0.29, 0.717) is 74.5 Å². The molecule has 2 aromatic heterocycles. The molecule has 41 heavy (non-hydrogen) atoms. The average molecular weight is 564 g/mol. The number of amides is 3. The molecule has 2 aromatic rings. The van der Waals surface area contributed by atoms with E-state index in [1.165, 1.54) is 11.1 Å². The molecule has 2 N–H and O–H groups in total. The van der Waals surface area contributed by atoms with Gasteiger partial charge in [0.2, 0.25) is 0 Å². The van der Waals surface area contributed by atoms with Crippen molar-refractivity contribution in [2.75, 3.05) is 56.1 Å². The maximum Gasteiger partial charge on any atom is 0.328 e. The molecule has 0 saturated carbocycles. The van der Waals surface area contributed by atoms with Gasteiger partial charge in [0.25, 0.3) is 5.91 Å². The van der Waals surface area contributed by atoms with Gasteiger partial charge in [-0.2, -0.15) is 5.26 Å². The van der Waals surface area contributed by atoms with Crippen LogP contribution in [0, 0.1) is 11.3 Å². The van der Waals surface area contributed by atoms with E-state index in [1.54, 1.807) is 25.1 Å². The highest BCUT2D eigenvalue weighted by molar-refractivity contribution is 6.02. The fraction of sp³-hybridized carbons (Fsp3) is 0.500. The Kier molecular flexibility index (Phi) is 8.72. The lowest BCUT2D eigenvalue weighted by atomic mass is 10.0. The van der Waals surface area contributed by atoms with Crippen molar-refractivity contribution in [1.82, 2.24) is 14.9 Å². The first-order valence-electron chi connectivity index (χ1n) is 13.6. The van der Waals surface area contributed by atoms with Crippen LogP contribution >= 0.6 is 0 Å². The van der Waals surface area contributed by atoms with Gasteiger partial charge in [0.1, 0.15) is 35.6 Å². The predicted molar refractivity (Wildman–Crippen MR) is 148 cm³/mol. The molecule has 5 rings (SSSR count). The molecule has 0 aliphatic carbocycles. The number of aryl methyl sites for hydroxylation is 1. The zero-order valence-corrected chi connectivity index (χ0v) is 23.1. The highest BCUT2D eigenvalue weighted by atomic mass is 16.5. The second-order valence-corrected chi connectivity index (χ2v) is 10.3. The Morgan fingerprint density at radius 1 is 1.32 bits per heavy atom. The maximum atomic E-state index is 13.4. The number of nitrogens with zero attached hydrogens (tertiary/aromatic N) is 5. The lowest BCUT2D eigenvalue weighted by molar-refractivity contribution is -0.140. The quantitative estimate of drug-likeness (QED) is 0.456. The Labute approximate surface area is 237 Å². The molecule has 5 heterocycles. The van der Waals surface area contributed by atoms with Crippen LogP contribution in [-0.2, 0) is 32.0 Å². The summed E-state index contributed by atoms with van der Waals surface area (Å²) in [5.41, 5.74) is 2.42. The molecule has 0 radical (unpaired) electrons. The number of likely N-dealkylation sites (N-methyl/N-ethyl adjacent to an activating group) is 1. The van der Waals surface area contributed by atoms with Crippen molar-refractivity contribution in [2.24, 2.45) is 0 Å². The first kappa shape index (κ1) is 28.4. The third kappa shape index (κ3) is 6.14. The summed E-state index contributed by atoms with van der Waals surface area (Å²) >= 11 is 0. The second-order valence-electron chi connectivity index (χ2n) is 10.3. The van der Waals surface area contributed by atoms with Gasteiger partial charge in [0.15, 0.2) is 6.29 Å². The maximum absolute atomic E-state index is 13.4. The number of anilines is 3. The first-order chi connectivity index (χ1) is 19.9. The number of fused-ring (bicyclic) bond motifs is 1. The Balaban J connectivity index is 1.33. The van der Waals surface area contributed by atoms with Crippen molar-refractivity contribution in [3.8, 4) is 6.07 Å². The van der Waals surface area contributed by atoms with Crippen molar-refractivity contribution < 1.29 is 28.6 Å². The summed E-state index contributed by atoms with van der Waals surface area (Å²) in [5, 5.41) is 15.6. The number of hydrogen-bond acceptors (Lipinski definition) is 10. The predicted octanol–water partition coefficient (Wildman–Crippen LogP) is 2.11. The molecule has 216 valence electrons. The lowest BCUT2D eigenvalue weighted by Gasteiger charge is -2.30. The minimum atomic E-state index is -0.462. The molecule has 3 amide bonds. The number of pyridine rings is 2. The number of nitriles is 1. The minimum absolute atomic E-state index is 0.125. The summed E-state index contributed by atoms with van der Waals surface area (Å²) in [5.74, 6) is 0.517. The zero-order valence-electron chi connectivity index (χ0n) is 23.1. The fourth-order valence-electron chi connectivity index (χ4n) is 5.35. The number of rotatable bonds is 8. The summed E-state index contributed by atoms with van der Waals surface area (Å²) < 4.78 is 16.4. The van der Waals surface area contributed by atoms with Crippen LogP contribution in [-0.4, -0.2) is 91.9 Å². The third-order valence-electron chi connectivity index (χ3n) is 7.55. The van der Waals surface area contributed by atoms with Crippen LogP contribution in [0.4, 0.5) is 22.1 Å². The van der Waals surface area contributed by atoms with Crippen molar-refractivity contribution in [3.63, 3.8) is 0 Å². The number of hydrogen-bond donors (Lipinski definition) is 2. The Hall–Kier alpha value is -4.12. The van der Waals surface area contributed by atoms with Gasteiger partial charge in [-0.15, -0.1) is 0 Å². The summed E-state index contributed by atoms with van der Waals surface area (Å²) in [6.45, 7) is 2.04.